The van der Waals surface area contributed by atoms with Crippen LogP contribution in [0, 0.1) is 5.92 Å². The van der Waals surface area contributed by atoms with Crippen LogP contribution in [0.4, 0.5) is 10.5 Å². The van der Waals surface area contributed by atoms with Crippen LogP contribution >= 0.6 is 0 Å². The van der Waals surface area contributed by atoms with E-state index in [9.17, 15) is 14.4 Å². The van der Waals surface area contributed by atoms with Gasteiger partial charge in [-0.05, 0) is 57.6 Å². The fourth-order valence-corrected chi connectivity index (χ4v) is 3.85. The third-order valence-corrected chi connectivity index (χ3v) is 5.38. The van der Waals surface area contributed by atoms with Gasteiger partial charge in [-0.3, -0.25) is 19.5 Å². The summed E-state index contributed by atoms with van der Waals surface area (Å²) in [5, 5.41) is 2.86. The Labute approximate surface area is 153 Å². The number of carbonyl (C=O) groups excluding carboxylic acids is 3. The highest BCUT2D eigenvalue weighted by Crippen LogP contribution is 2.36. The van der Waals surface area contributed by atoms with Gasteiger partial charge in [0.1, 0.15) is 12.1 Å². The number of anilines is 1. The number of urea groups is 1. The second kappa shape index (κ2) is 7.05. The maximum atomic E-state index is 12.9. The number of aromatic nitrogens is 1. The van der Waals surface area contributed by atoms with E-state index in [1.807, 2.05) is 13.8 Å². The highest BCUT2D eigenvalue weighted by molar-refractivity contribution is 6.10. The predicted octanol–water partition coefficient (Wildman–Crippen LogP) is 2.32. The average Bonchev–Trinajstić information content (AvgIpc) is 2.83. The first-order chi connectivity index (χ1) is 12.3. The fraction of sp³-hybridized carbons (Fsp3) is 0.579. The van der Waals surface area contributed by atoms with Crippen LogP contribution < -0.4 is 10.2 Å². The van der Waals surface area contributed by atoms with E-state index in [-0.39, 0.29) is 24.4 Å². The molecule has 1 N–H and O–H groups in total. The summed E-state index contributed by atoms with van der Waals surface area (Å²) in [7, 11) is 0. The summed E-state index contributed by atoms with van der Waals surface area (Å²) in [4.78, 5) is 44.9. The van der Waals surface area contributed by atoms with E-state index in [1.165, 1.54) is 0 Å². The van der Waals surface area contributed by atoms with Crippen LogP contribution in [0.2, 0.25) is 0 Å². The molecule has 1 aromatic heterocycles. The van der Waals surface area contributed by atoms with E-state index in [2.05, 4.69) is 17.2 Å². The monoisotopic (exact) mass is 358 g/mol. The minimum atomic E-state index is -0.819. The van der Waals surface area contributed by atoms with E-state index in [4.69, 9.17) is 0 Å². The second-order valence-electron chi connectivity index (χ2n) is 7.65. The van der Waals surface area contributed by atoms with Crippen LogP contribution in [0.3, 0.4) is 0 Å². The minimum Gasteiger partial charge on any atom is -0.323 e. The molecule has 3 rings (SSSR count). The van der Waals surface area contributed by atoms with Gasteiger partial charge in [0.15, 0.2) is 0 Å². The number of hydrogen-bond donors (Lipinski definition) is 1. The molecule has 1 aromatic rings. The highest BCUT2D eigenvalue weighted by atomic mass is 16.2. The normalized spacial score (nSPS) is 25.7. The van der Waals surface area contributed by atoms with Crippen LogP contribution in [-0.4, -0.2) is 45.9 Å². The van der Waals surface area contributed by atoms with Crippen molar-refractivity contribution in [2.45, 2.75) is 58.0 Å². The number of nitrogens with one attached hydrogen (secondary N) is 1. The van der Waals surface area contributed by atoms with Gasteiger partial charge < -0.3 is 10.2 Å². The number of imide groups is 1. The van der Waals surface area contributed by atoms with Gasteiger partial charge in [0.25, 0.3) is 5.91 Å². The van der Waals surface area contributed by atoms with Crippen LogP contribution in [-0.2, 0) is 9.59 Å². The van der Waals surface area contributed by atoms with Crippen molar-refractivity contribution in [3.05, 3.63) is 24.5 Å². The number of hydrogen-bond acceptors (Lipinski definition) is 4. The zero-order chi connectivity index (χ0) is 18.9. The number of pyridine rings is 1. The van der Waals surface area contributed by atoms with Gasteiger partial charge in [-0.15, -0.1) is 0 Å². The van der Waals surface area contributed by atoms with Gasteiger partial charge in [0.05, 0.1) is 11.9 Å². The van der Waals surface area contributed by atoms with Gasteiger partial charge in [0.2, 0.25) is 5.91 Å². The molecule has 0 unspecified atom stereocenters. The Hall–Kier alpha value is -2.44. The summed E-state index contributed by atoms with van der Waals surface area (Å²) >= 11 is 0. The van der Waals surface area contributed by atoms with Crippen molar-refractivity contribution in [1.29, 1.82) is 0 Å². The average molecular weight is 358 g/mol. The number of nitrogens with zero attached hydrogens (tertiary/aromatic N) is 3. The molecule has 1 spiro atoms. The minimum absolute atomic E-state index is 0.114. The van der Waals surface area contributed by atoms with Crippen LogP contribution in [0.15, 0.2) is 24.5 Å². The van der Waals surface area contributed by atoms with E-state index in [0.29, 0.717) is 24.4 Å². The van der Waals surface area contributed by atoms with Gasteiger partial charge in [-0.25, -0.2) is 4.79 Å². The molecule has 1 aliphatic carbocycles. The molecule has 0 atom stereocenters. The molecule has 0 aromatic carbocycles. The van der Waals surface area contributed by atoms with Crippen molar-refractivity contribution in [3.8, 4) is 0 Å². The lowest BCUT2D eigenvalue weighted by Gasteiger charge is -2.33. The number of amides is 4. The first kappa shape index (κ1) is 18.4. The number of rotatable bonds is 4. The largest absolute Gasteiger partial charge is 0.325 e. The molecule has 0 radical (unpaired) electrons. The lowest BCUT2D eigenvalue weighted by Crippen LogP contribution is -2.50. The van der Waals surface area contributed by atoms with Crippen LogP contribution in [0.25, 0.3) is 0 Å². The third kappa shape index (κ3) is 3.30. The van der Waals surface area contributed by atoms with E-state index < -0.39 is 11.6 Å². The van der Waals surface area contributed by atoms with Gasteiger partial charge in [-0.1, -0.05) is 6.92 Å². The van der Waals surface area contributed by atoms with Crippen molar-refractivity contribution >= 4 is 23.5 Å². The van der Waals surface area contributed by atoms with Gasteiger partial charge in [0, 0.05) is 12.2 Å². The molecule has 7 nitrogen and oxygen atoms in total. The highest BCUT2D eigenvalue weighted by Gasteiger charge is 2.52. The molecule has 4 amide bonds. The molecule has 140 valence electrons. The summed E-state index contributed by atoms with van der Waals surface area (Å²) in [5.41, 5.74) is -0.165. The maximum Gasteiger partial charge on any atom is 0.325 e. The van der Waals surface area contributed by atoms with E-state index >= 15 is 0 Å². The number of carbonyl (C=O) groups is 3. The molecule has 26 heavy (non-hydrogen) atoms. The van der Waals surface area contributed by atoms with Crippen molar-refractivity contribution in [3.63, 3.8) is 0 Å². The lowest BCUT2D eigenvalue weighted by atomic mass is 9.77. The zero-order valence-corrected chi connectivity index (χ0v) is 15.6. The fourth-order valence-electron chi connectivity index (χ4n) is 3.85. The Kier molecular flexibility index (Phi) is 4.98. The van der Waals surface area contributed by atoms with Crippen molar-refractivity contribution in [1.82, 2.24) is 15.2 Å². The zero-order valence-electron chi connectivity index (χ0n) is 15.6. The standard InChI is InChI=1S/C19H26N4O3/c1-13(2)23(15-5-4-10-20-11-15)16(24)12-22-17(25)19(21-18(22)26)8-6-14(3)7-9-19/h4-5,10-11,13-14H,6-9,12H2,1-3H3,(H,21,26). The van der Waals surface area contributed by atoms with Crippen molar-refractivity contribution in [2.24, 2.45) is 5.92 Å². The maximum absolute atomic E-state index is 12.9. The molecule has 7 heteroatoms. The van der Waals surface area contributed by atoms with Crippen molar-refractivity contribution < 1.29 is 14.4 Å². The predicted molar refractivity (Wildman–Crippen MR) is 97.5 cm³/mol. The Morgan fingerprint density at radius 2 is 2.08 bits per heavy atom. The molecule has 0 bridgehead atoms. The lowest BCUT2D eigenvalue weighted by molar-refractivity contribution is -0.135. The Morgan fingerprint density at radius 1 is 1.38 bits per heavy atom. The Bertz CT molecular complexity index is 696. The summed E-state index contributed by atoms with van der Waals surface area (Å²) in [6.45, 7) is 5.68. The molecule has 2 aliphatic rings. The molecule has 2 fully saturated rings. The van der Waals surface area contributed by atoms with Gasteiger partial charge >= 0.3 is 6.03 Å². The van der Waals surface area contributed by atoms with Crippen LogP contribution in [0.5, 0.6) is 0 Å². The smallest absolute Gasteiger partial charge is 0.323 e. The van der Waals surface area contributed by atoms with E-state index in [0.717, 1.165) is 17.7 Å². The molecular weight excluding hydrogens is 332 g/mol. The first-order valence-electron chi connectivity index (χ1n) is 9.20. The van der Waals surface area contributed by atoms with Crippen molar-refractivity contribution in [2.75, 3.05) is 11.4 Å². The molecule has 1 saturated heterocycles. The molecule has 1 saturated carbocycles. The SMILES string of the molecule is CC1CCC2(CC1)NC(=O)N(CC(=O)N(c1cccnc1)C(C)C)C2=O. The first-order valence-corrected chi connectivity index (χ1v) is 9.20. The topological polar surface area (TPSA) is 82.6 Å². The van der Waals surface area contributed by atoms with E-state index in [1.54, 1.807) is 29.4 Å². The quantitative estimate of drug-likeness (QED) is 0.838. The summed E-state index contributed by atoms with van der Waals surface area (Å²) in [6, 6.07) is 2.97. The third-order valence-electron chi connectivity index (χ3n) is 5.38. The second-order valence-corrected chi connectivity index (χ2v) is 7.65. The summed E-state index contributed by atoms with van der Waals surface area (Å²) < 4.78 is 0. The molecule has 2 heterocycles. The molecule has 1 aliphatic heterocycles. The summed E-state index contributed by atoms with van der Waals surface area (Å²) in [5.74, 6) is -0.00149. The Balaban J connectivity index is 1.76. The molecular formula is C19H26N4O3. The van der Waals surface area contributed by atoms with Crippen LogP contribution in [0.1, 0.15) is 46.5 Å². The summed E-state index contributed by atoms with van der Waals surface area (Å²) in [6.07, 6.45) is 6.33. The van der Waals surface area contributed by atoms with Gasteiger partial charge in [-0.2, -0.15) is 0 Å². The Morgan fingerprint density at radius 3 is 2.65 bits per heavy atom.